The van der Waals surface area contributed by atoms with Crippen LogP contribution in [0, 0.1) is 13.8 Å². The topological polar surface area (TPSA) is 38.9 Å². The molecule has 20 heavy (non-hydrogen) atoms. The van der Waals surface area contributed by atoms with Crippen LogP contribution in [0.25, 0.3) is 31.8 Å². The van der Waals surface area contributed by atoms with Gasteiger partial charge in [0.25, 0.3) is 0 Å². The molecule has 0 N–H and O–H groups in total. The van der Waals surface area contributed by atoms with Crippen LogP contribution in [0.1, 0.15) is 11.1 Å². The average Bonchev–Trinajstić information content (AvgIpc) is 2.96. The zero-order valence-electron chi connectivity index (χ0n) is 11.2. The highest BCUT2D eigenvalue weighted by atomic mass is 32.1. The first kappa shape index (κ1) is 11.6. The molecule has 3 nitrogen and oxygen atoms in total. The van der Waals surface area contributed by atoms with Crippen molar-refractivity contribution in [2.75, 3.05) is 0 Å². The molecule has 4 aromatic rings. The maximum atomic E-state index is 5.62. The molecule has 0 fully saturated rings. The third-order valence-corrected chi connectivity index (χ3v) is 4.41. The second kappa shape index (κ2) is 4.15. The molecule has 1 aromatic carbocycles. The molecule has 0 bridgehead atoms. The van der Waals surface area contributed by atoms with Crippen molar-refractivity contribution in [3.8, 4) is 11.3 Å². The number of hydrogen-bond acceptors (Lipinski definition) is 4. The summed E-state index contributed by atoms with van der Waals surface area (Å²) in [6.07, 6.45) is 3.35. The van der Waals surface area contributed by atoms with Gasteiger partial charge < -0.3 is 4.42 Å². The number of thiophene rings is 1. The summed E-state index contributed by atoms with van der Waals surface area (Å²) in [5.74, 6) is 0. The third-order valence-electron chi connectivity index (χ3n) is 3.37. The summed E-state index contributed by atoms with van der Waals surface area (Å²) < 4.78 is 6.74. The van der Waals surface area contributed by atoms with E-state index in [-0.39, 0.29) is 0 Å². The van der Waals surface area contributed by atoms with Crippen molar-refractivity contribution in [1.29, 1.82) is 0 Å². The van der Waals surface area contributed by atoms with Crippen LogP contribution in [0.15, 0.2) is 41.3 Å². The molecule has 0 radical (unpaired) electrons. The molecule has 0 aliphatic rings. The molecule has 0 unspecified atom stereocenters. The van der Waals surface area contributed by atoms with E-state index < -0.39 is 0 Å². The second-order valence-corrected chi connectivity index (χ2v) is 6.03. The van der Waals surface area contributed by atoms with E-state index in [1.165, 1.54) is 11.1 Å². The van der Waals surface area contributed by atoms with Gasteiger partial charge in [0.05, 0.1) is 22.0 Å². The van der Waals surface area contributed by atoms with Crippen molar-refractivity contribution in [2.24, 2.45) is 0 Å². The van der Waals surface area contributed by atoms with E-state index in [1.807, 2.05) is 6.07 Å². The number of aryl methyl sites for hydroxylation is 2. The summed E-state index contributed by atoms with van der Waals surface area (Å²) in [6.45, 7) is 4.20. The standard InChI is InChI=1S/C16H12N2OS/c1-9-5-10(2)7-11(6-9)14-13-15-12(3-4-19-15)20-16(13)18-8-17-14/h3-8H,1-2H3. The maximum absolute atomic E-state index is 5.62. The van der Waals surface area contributed by atoms with Gasteiger partial charge in [-0.1, -0.05) is 17.2 Å². The van der Waals surface area contributed by atoms with Gasteiger partial charge in [0.1, 0.15) is 11.2 Å². The van der Waals surface area contributed by atoms with Gasteiger partial charge in [0, 0.05) is 5.56 Å². The molecular weight excluding hydrogens is 268 g/mol. The van der Waals surface area contributed by atoms with E-state index in [1.54, 1.807) is 23.9 Å². The van der Waals surface area contributed by atoms with E-state index in [0.717, 1.165) is 31.8 Å². The van der Waals surface area contributed by atoms with Gasteiger partial charge in [-0.05, 0) is 32.0 Å². The van der Waals surface area contributed by atoms with Crippen LogP contribution in [-0.2, 0) is 0 Å². The van der Waals surface area contributed by atoms with E-state index in [2.05, 4.69) is 42.0 Å². The molecule has 4 heteroatoms. The largest absolute Gasteiger partial charge is 0.463 e. The fourth-order valence-corrected chi connectivity index (χ4v) is 3.61. The van der Waals surface area contributed by atoms with Gasteiger partial charge >= 0.3 is 0 Å². The van der Waals surface area contributed by atoms with Crippen LogP contribution in [0.2, 0.25) is 0 Å². The summed E-state index contributed by atoms with van der Waals surface area (Å²) in [5, 5.41) is 1.02. The molecule has 0 saturated carbocycles. The molecule has 3 aromatic heterocycles. The van der Waals surface area contributed by atoms with Gasteiger partial charge in [0.15, 0.2) is 5.58 Å². The number of fused-ring (bicyclic) bond motifs is 3. The minimum absolute atomic E-state index is 0.889. The molecule has 4 rings (SSSR count). The van der Waals surface area contributed by atoms with Crippen molar-refractivity contribution in [3.63, 3.8) is 0 Å². The average molecular weight is 280 g/mol. The van der Waals surface area contributed by atoms with Crippen LogP contribution < -0.4 is 0 Å². The number of nitrogens with zero attached hydrogens (tertiary/aromatic N) is 2. The highest BCUT2D eigenvalue weighted by molar-refractivity contribution is 7.25. The summed E-state index contributed by atoms with van der Waals surface area (Å²) >= 11 is 1.64. The first-order valence-electron chi connectivity index (χ1n) is 6.42. The minimum Gasteiger partial charge on any atom is -0.463 e. The fourth-order valence-electron chi connectivity index (χ4n) is 2.65. The van der Waals surface area contributed by atoms with Crippen molar-refractivity contribution >= 4 is 31.8 Å². The Kier molecular flexibility index (Phi) is 2.41. The van der Waals surface area contributed by atoms with Gasteiger partial charge in [-0.2, -0.15) is 0 Å². The van der Waals surface area contributed by atoms with Gasteiger partial charge in [-0.3, -0.25) is 0 Å². The van der Waals surface area contributed by atoms with Gasteiger partial charge in [0.2, 0.25) is 0 Å². The minimum atomic E-state index is 0.889. The number of benzene rings is 1. The Morgan fingerprint density at radius 1 is 1.05 bits per heavy atom. The number of aromatic nitrogens is 2. The van der Waals surface area contributed by atoms with Crippen molar-refractivity contribution in [1.82, 2.24) is 9.97 Å². The Hall–Kier alpha value is -2.20. The zero-order chi connectivity index (χ0) is 13.7. The van der Waals surface area contributed by atoms with Crippen LogP contribution >= 0.6 is 11.3 Å². The number of furan rings is 1. The van der Waals surface area contributed by atoms with Crippen LogP contribution in [0.4, 0.5) is 0 Å². The normalized spacial score (nSPS) is 11.5. The summed E-state index contributed by atoms with van der Waals surface area (Å²) in [7, 11) is 0. The van der Waals surface area contributed by atoms with E-state index in [0.29, 0.717) is 0 Å². The van der Waals surface area contributed by atoms with E-state index >= 15 is 0 Å². The van der Waals surface area contributed by atoms with E-state index in [4.69, 9.17) is 4.42 Å². The Bertz CT molecular complexity index is 916. The Morgan fingerprint density at radius 2 is 1.85 bits per heavy atom. The predicted octanol–water partition coefficient (Wildman–Crippen LogP) is 4.72. The molecule has 98 valence electrons. The lowest BCUT2D eigenvalue weighted by Crippen LogP contribution is -1.88. The molecule has 0 aliphatic heterocycles. The summed E-state index contributed by atoms with van der Waals surface area (Å²) in [6, 6.07) is 8.45. The summed E-state index contributed by atoms with van der Waals surface area (Å²) in [4.78, 5) is 9.84. The van der Waals surface area contributed by atoms with Crippen molar-refractivity contribution < 1.29 is 4.42 Å². The van der Waals surface area contributed by atoms with Crippen LogP contribution in [-0.4, -0.2) is 9.97 Å². The van der Waals surface area contributed by atoms with Gasteiger partial charge in [-0.25, -0.2) is 9.97 Å². The first-order chi connectivity index (χ1) is 9.72. The second-order valence-electron chi connectivity index (χ2n) is 4.99. The molecule has 0 atom stereocenters. The molecule has 0 aliphatic carbocycles. The Labute approximate surface area is 119 Å². The highest BCUT2D eigenvalue weighted by Crippen LogP contribution is 2.38. The van der Waals surface area contributed by atoms with Crippen molar-refractivity contribution in [3.05, 3.63) is 48.0 Å². The SMILES string of the molecule is Cc1cc(C)cc(-c2ncnc3sc4ccoc4c23)c1. The third kappa shape index (κ3) is 1.65. The quantitative estimate of drug-likeness (QED) is 0.506. The Morgan fingerprint density at radius 3 is 2.65 bits per heavy atom. The highest BCUT2D eigenvalue weighted by Gasteiger charge is 2.15. The van der Waals surface area contributed by atoms with Crippen molar-refractivity contribution in [2.45, 2.75) is 13.8 Å². The molecule has 0 spiro atoms. The molecule has 0 saturated heterocycles. The fraction of sp³-hybridized carbons (Fsp3) is 0.125. The molecular formula is C16H12N2OS. The lowest BCUT2D eigenvalue weighted by Gasteiger charge is -2.05. The number of hydrogen-bond donors (Lipinski definition) is 0. The summed E-state index contributed by atoms with van der Waals surface area (Å²) in [5.41, 5.74) is 5.42. The molecule has 0 amide bonds. The number of rotatable bonds is 1. The maximum Gasteiger partial charge on any atom is 0.156 e. The molecule has 3 heterocycles. The monoisotopic (exact) mass is 280 g/mol. The zero-order valence-corrected chi connectivity index (χ0v) is 12.0. The first-order valence-corrected chi connectivity index (χ1v) is 7.23. The van der Waals surface area contributed by atoms with Crippen LogP contribution in [0.5, 0.6) is 0 Å². The van der Waals surface area contributed by atoms with E-state index in [9.17, 15) is 0 Å². The van der Waals surface area contributed by atoms with Crippen LogP contribution in [0.3, 0.4) is 0 Å². The predicted molar refractivity (Wildman–Crippen MR) is 82.1 cm³/mol. The lowest BCUT2D eigenvalue weighted by atomic mass is 10.0. The Balaban J connectivity index is 2.12. The smallest absolute Gasteiger partial charge is 0.156 e. The lowest BCUT2D eigenvalue weighted by molar-refractivity contribution is 0.619. The van der Waals surface area contributed by atoms with Gasteiger partial charge in [-0.15, -0.1) is 11.3 Å².